The van der Waals surface area contributed by atoms with E-state index in [2.05, 4.69) is 60.7 Å². The number of hydrogen-bond acceptors (Lipinski definition) is 7. The van der Waals surface area contributed by atoms with Crippen LogP contribution in [0.4, 0.5) is 9.59 Å². The lowest BCUT2D eigenvalue weighted by atomic mass is 9.80. The van der Waals surface area contributed by atoms with E-state index in [4.69, 9.17) is 4.74 Å². The molecule has 0 aliphatic rings. The van der Waals surface area contributed by atoms with Crippen LogP contribution in [0.2, 0.25) is 0 Å². The van der Waals surface area contributed by atoms with E-state index in [0.717, 1.165) is 53.8 Å². The van der Waals surface area contributed by atoms with Crippen molar-refractivity contribution >= 4 is 77.5 Å². The van der Waals surface area contributed by atoms with Gasteiger partial charge in [-0.15, -0.1) is 0 Å². The zero-order chi connectivity index (χ0) is 27.4. The van der Waals surface area contributed by atoms with Gasteiger partial charge in [-0.1, -0.05) is 96.3 Å². The molecule has 0 heterocycles. The molecule has 0 atom stereocenters. The molecular formula is C32H26O3S4. The highest BCUT2D eigenvalue weighted by Crippen LogP contribution is 2.48. The summed E-state index contributed by atoms with van der Waals surface area (Å²) >= 11 is 4.95. The quantitative estimate of drug-likeness (QED) is 0.145. The SMILES string of the molecule is COc1ccc(C(c2c(SC(=O)SC)ccc3ccccc23)c2c(SC(=O)SC)ccc3ccccc23)cc1. The minimum absolute atomic E-state index is 0.0325. The monoisotopic (exact) mass is 586 g/mol. The van der Waals surface area contributed by atoms with Gasteiger partial charge >= 0.3 is 0 Å². The van der Waals surface area contributed by atoms with Gasteiger partial charge in [-0.05, 0) is 98.5 Å². The van der Waals surface area contributed by atoms with Crippen molar-refractivity contribution in [1.82, 2.24) is 0 Å². The van der Waals surface area contributed by atoms with Gasteiger partial charge in [-0.3, -0.25) is 9.59 Å². The second-order valence-corrected chi connectivity index (χ2v) is 12.8. The average Bonchev–Trinajstić information content (AvgIpc) is 2.98. The number of methoxy groups -OCH3 is 1. The van der Waals surface area contributed by atoms with E-state index in [9.17, 15) is 9.59 Å². The van der Waals surface area contributed by atoms with Gasteiger partial charge < -0.3 is 4.74 Å². The molecule has 0 spiro atoms. The molecule has 0 saturated heterocycles. The minimum Gasteiger partial charge on any atom is -0.497 e. The van der Waals surface area contributed by atoms with Crippen molar-refractivity contribution < 1.29 is 14.3 Å². The first-order valence-electron chi connectivity index (χ1n) is 12.2. The molecule has 196 valence electrons. The smallest absolute Gasteiger partial charge is 0.250 e. The summed E-state index contributed by atoms with van der Waals surface area (Å²) in [5.41, 5.74) is 3.17. The van der Waals surface area contributed by atoms with E-state index in [-0.39, 0.29) is 14.8 Å². The van der Waals surface area contributed by atoms with Crippen LogP contribution in [0.1, 0.15) is 22.6 Å². The Kier molecular flexibility index (Phi) is 8.92. The summed E-state index contributed by atoms with van der Waals surface area (Å²) in [6.45, 7) is 0. The third kappa shape index (κ3) is 5.87. The molecule has 5 aromatic rings. The van der Waals surface area contributed by atoms with Gasteiger partial charge in [-0.2, -0.15) is 0 Å². The Morgan fingerprint density at radius 2 is 1.08 bits per heavy atom. The van der Waals surface area contributed by atoms with Gasteiger partial charge in [0.05, 0.1) is 7.11 Å². The first-order valence-corrected chi connectivity index (χ1v) is 16.3. The molecule has 39 heavy (non-hydrogen) atoms. The van der Waals surface area contributed by atoms with Gasteiger partial charge in [0.25, 0.3) is 8.89 Å². The Morgan fingerprint density at radius 1 is 0.615 bits per heavy atom. The highest BCUT2D eigenvalue weighted by atomic mass is 32.2. The van der Waals surface area contributed by atoms with E-state index in [1.807, 2.05) is 48.9 Å². The van der Waals surface area contributed by atoms with Crippen LogP contribution < -0.4 is 4.74 Å². The van der Waals surface area contributed by atoms with Crippen molar-refractivity contribution in [2.75, 3.05) is 19.6 Å². The summed E-state index contributed by atoms with van der Waals surface area (Å²) < 4.78 is 5.54. The zero-order valence-corrected chi connectivity index (χ0v) is 24.9. The lowest BCUT2D eigenvalue weighted by Crippen LogP contribution is -2.09. The molecule has 0 N–H and O–H groups in total. The van der Waals surface area contributed by atoms with E-state index in [0.29, 0.717) is 0 Å². The van der Waals surface area contributed by atoms with Crippen LogP contribution in [0, 0.1) is 0 Å². The standard InChI is InChI=1S/C32H26O3S4/c1-35-23-16-12-22(13-17-23)28(29-24-10-6-4-8-20(24)14-18-26(29)38-31(33)36-2)30-25-11-7-5-9-21(25)15-19-27(30)39-32(34)37-3/h4-19,28H,1-3H3. The third-order valence-corrected chi connectivity index (χ3v) is 10.3. The number of carbonyl (C=O) groups excluding carboxylic acids is 2. The van der Waals surface area contributed by atoms with Gasteiger partial charge in [0.1, 0.15) is 5.75 Å². The molecule has 5 aromatic carbocycles. The molecule has 0 aliphatic carbocycles. The number of carbonyl (C=O) groups is 2. The van der Waals surface area contributed by atoms with Crippen LogP contribution in [0.15, 0.2) is 107 Å². The molecule has 0 saturated carbocycles. The number of hydrogen-bond donors (Lipinski definition) is 0. The summed E-state index contributed by atoms with van der Waals surface area (Å²) in [5, 5.41) is 4.36. The van der Waals surface area contributed by atoms with Crippen molar-refractivity contribution in [1.29, 1.82) is 0 Å². The number of rotatable bonds is 6. The summed E-state index contributed by atoms with van der Waals surface area (Å²) in [6, 6.07) is 33.0. The molecule has 0 radical (unpaired) electrons. The Bertz CT molecular complexity index is 1560. The van der Waals surface area contributed by atoms with Crippen molar-refractivity contribution in [3.05, 3.63) is 114 Å². The lowest BCUT2D eigenvalue weighted by Gasteiger charge is -2.27. The van der Waals surface area contributed by atoms with Crippen LogP contribution in [0.3, 0.4) is 0 Å². The molecule has 0 aliphatic heterocycles. The van der Waals surface area contributed by atoms with Crippen molar-refractivity contribution in [3.8, 4) is 5.75 Å². The fourth-order valence-electron chi connectivity index (χ4n) is 4.86. The average molecular weight is 587 g/mol. The number of fused-ring (bicyclic) bond motifs is 2. The number of ether oxygens (including phenoxy) is 1. The van der Waals surface area contributed by atoms with Gasteiger partial charge in [-0.25, -0.2) is 0 Å². The second-order valence-electron chi connectivity index (χ2n) is 8.72. The molecule has 0 amide bonds. The maximum Gasteiger partial charge on any atom is 0.250 e. The fourth-order valence-corrected chi connectivity index (χ4v) is 7.37. The first-order chi connectivity index (χ1) is 19.0. The molecule has 0 bridgehead atoms. The summed E-state index contributed by atoms with van der Waals surface area (Å²) in [7, 11) is 1.66. The van der Waals surface area contributed by atoms with E-state index in [1.165, 1.54) is 47.0 Å². The maximum absolute atomic E-state index is 12.8. The van der Waals surface area contributed by atoms with Crippen LogP contribution in [0.25, 0.3) is 21.5 Å². The Morgan fingerprint density at radius 3 is 1.51 bits per heavy atom. The van der Waals surface area contributed by atoms with Crippen molar-refractivity contribution in [3.63, 3.8) is 0 Å². The lowest BCUT2D eigenvalue weighted by molar-refractivity contribution is 0.276. The van der Waals surface area contributed by atoms with Crippen LogP contribution in [0.5, 0.6) is 5.75 Å². The summed E-state index contributed by atoms with van der Waals surface area (Å²) in [6.07, 6.45) is 3.62. The van der Waals surface area contributed by atoms with Crippen molar-refractivity contribution in [2.24, 2.45) is 0 Å². The molecule has 5 rings (SSSR count). The Labute approximate surface area is 245 Å². The zero-order valence-electron chi connectivity index (χ0n) is 21.7. The molecule has 3 nitrogen and oxygen atoms in total. The fraction of sp³-hybridized carbons (Fsp3) is 0.125. The minimum atomic E-state index is -0.248. The van der Waals surface area contributed by atoms with E-state index >= 15 is 0 Å². The molecular weight excluding hydrogens is 561 g/mol. The van der Waals surface area contributed by atoms with Crippen LogP contribution in [-0.4, -0.2) is 28.5 Å². The summed E-state index contributed by atoms with van der Waals surface area (Å²) in [4.78, 5) is 27.4. The highest BCUT2D eigenvalue weighted by molar-refractivity contribution is 8.38. The summed E-state index contributed by atoms with van der Waals surface area (Å²) in [5.74, 6) is 0.523. The highest BCUT2D eigenvalue weighted by Gasteiger charge is 2.28. The molecule has 0 unspecified atom stereocenters. The Balaban J connectivity index is 1.91. The van der Waals surface area contributed by atoms with Gasteiger partial charge in [0.15, 0.2) is 0 Å². The molecule has 7 heteroatoms. The largest absolute Gasteiger partial charge is 0.497 e. The normalized spacial score (nSPS) is 11.3. The van der Waals surface area contributed by atoms with Crippen LogP contribution >= 0.6 is 47.0 Å². The number of thioether (sulfide) groups is 4. The van der Waals surface area contributed by atoms with E-state index < -0.39 is 0 Å². The van der Waals surface area contributed by atoms with Crippen molar-refractivity contribution in [2.45, 2.75) is 15.7 Å². The van der Waals surface area contributed by atoms with Crippen LogP contribution in [-0.2, 0) is 0 Å². The van der Waals surface area contributed by atoms with E-state index in [1.54, 1.807) is 7.11 Å². The molecule has 0 aromatic heterocycles. The topological polar surface area (TPSA) is 43.4 Å². The second kappa shape index (κ2) is 12.6. The predicted molar refractivity (Wildman–Crippen MR) is 171 cm³/mol. The molecule has 0 fully saturated rings. The van der Waals surface area contributed by atoms with Gasteiger partial charge in [0, 0.05) is 15.7 Å². The number of benzene rings is 5. The first kappa shape index (κ1) is 27.7. The predicted octanol–water partition coefficient (Wildman–Crippen LogP) is 10.3. The van der Waals surface area contributed by atoms with Gasteiger partial charge in [0.2, 0.25) is 0 Å². The Hall–Kier alpha value is -2.84. The third-order valence-electron chi connectivity index (χ3n) is 6.61. The maximum atomic E-state index is 12.8.